The Balaban J connectivity index is 1.43. The van der Waals surface area contributed by atoms with E-state index in [0.29, 0.717) is 17.8 Å². The molecule has 1 aliphatic carbocycles. The molecule has 3 unspecified atom stereocenters. The van der Waals surface area contributed by atoms with E-state index in [1.165, 1.54) is 13.8 Å². The summed E-state index contributed by atoms with van der Waals surface area (Å²) in [6, 6.07) is 13.5. The van der Waals surface area contributed by atoms with Crippen LogP contribution in [0.1, 0.15) is 72.3 Å². The summed E-state index contributed by atoms with van der Waals surface area (Å²) in [5.41, 5.74) is 5.11. The molecular formula is C39H50N6O7. The Morgan fingerprint density at radius 3 is 2.12 bits per heavy atom. The summed E-state index contributed by atoms with van der Waals surface area (Å²) in [6.07, 6.45) is 5.16. The van der Waals surface area contributed by atoms with E-state index in [1.54, 1.807) is 18.5 Å². The van der Waals surface area contributed by atoms with Gasteiger partial charge in [-0.2, -0.15) is 0 Å². The number of carboxylic acids is 2. The molecule has 1 amide bonds. The van der Waals surface area contributed by atoms with Crippen LogP contribution in [0.25, 0.3) is 11.1 Å². The number of hydrogen-bond acceptors (Lipinski definition) is 10. The van der Waals surface area contributed by atoms with E-state index in [-0.39, 0.29) is 36.7 Å². The number of benzene rings is 2. The zero-order chi connectivity index (χ0) is 38.2. The number of nitrogens with zero attached hydrogens (tertiary/aromatic N) is 2. The zero-order valence-corrected chi connectivity index (χ0v) is 30.4. The van der Waals surface area contributed by atoms with Crippen molar-refractivity contribution in [2.75, 3.05) is 36.9 Å². The van der Waals surface area contributed by atoms with Gasteiger partial charge in [0.05, 0.1) is 19.8 Å². The molecule has 52 heavy (non-hydrogen) atoms. The molecule has 3 atom stereocenters. The Morgan fingerprint density at radius 1 is 0.962 bits per heavy atom. The molecule has 1 heterocycles. The van der Waals surface area contributed by atoms with Crippen molar-refractivity contribution < 1.29 is 34.8 Å². The Bertz CT molecular complexity index is 1840. The second-order valence-electron chi connectivity index (χ2n) is 13.9. The lowest BCUT2D eigenvalue weighted by atomic mass is 9.94. The molecule has 4 rings (SSSR count). The minimum absolute atomic E-state index is 0.0361. The second-order valence-corrected chi connectivity index (χ2v) is 13.9. The van der Waals surface area contributed by atoms with Crippen molar-refractivity contribution in [3.63, 3.8) is 0 Å². The van der Waals surface area contributed by atoms with Crippen LogP contribution in [0.3, 0.4) is 0 Å². The topological polar surface area (TPSA) is 205 Å². The van der Waals surface area contributed by atoms with E-state index in [0.717, 1.165) is 51.9 Å². The molecule has 0 saturated heterocycles. The number of hydrogen-bond donors (Lipinski definition) is 8. The van der Waals surface area contributed by atoms with Crippen LogP contribution in [-0.4, -0.2) is 92.9 Å². The average Bonchev–Trinajstić information content (AvgIpc) is 3.97. The van der Waals surface area contributed by atoms with Crippen molar-refractivity contribution >= 4 is 35.4 Å². The SMILES string of the molecule is C=C(C=NCC(C)Nc1cccc(-c2cccc(NC(=O)c3cc(C4CC4)c(CNC(C)(CO)C(=O)O)cn3)c2C)c1C)CNC(C)(CO)C(=O)O. The standard InChI is InChI=1S/C39H50N6O7/c1-23(17-42-38(5,21-46)36(49)50)16-40-18-24(2)44-32-11-7-9-29(25(32)3)30-10-8-12-33(26(30)4)45-35(48)34-15-31(27-13-14-27)28(19-41-34)20-43-39(6,22-47)37(51)52/h7-12,15-16,19,24,27,42-44,46-47H,1,13-14,17-18,20-22H2,2-6H3,(H,45,48)(H,49,50)(H,51,52). The molecule has 1 saturated carbocycles. The number of aliphatic hydroxyl groups is 2. The molecule has 1 aromatic heterocycles. The summed E-state index contributed by atoms with van der Waals surface area (Å²) < 4.78 is 0. The monoisotopic (exact) mass is 714 g/mol. The van der Waals surface area contributed by atoms with Gasteiger partial charge < -0.3 is 31.1 Å². The van der Waals surface area contributed by atoms with Crippen LogP contribution in [0.2, 0.25) is 0 Å². The summed E-state index contributed by atoms with van der Waals surface area (Å²) in [4.78, 5) is 45.4. The maximum Gasteiger partial charge on any atom is 0.326 e. The van der Waals surface area contributed by atoms with Gasteiger partial charge in [0, 0.05) is 42.9 Å². The van der Waals surface area contributed by atoms with E-state index >= 15 is 0 Å². The summed E-state index contributed by atoms with van der Waals surface area (Å²) in [5.74, 6) is -2.38. The fourth-order valence-corrected chi connectivity index (χ4v) is 5.57. The number of nitrogens with one attached hydrogen (secondary N) is 4. The lowest BCUT2D eigenvalue weighted by Crippen LogP contribution is -2.53. The largest absolute Gasteiger partial charge is 0.480 e. The minimum atomic E-state index is -1.49. The molecule has 2 aromatic carbocycles. The lowest BCUT2D eigenvalue weighted by Gasteiger charge is -2.24. The highest BCUT2D eigenvalue weighted by molar-refractivity contribution is 6.04. The number of carbonyl (C=O) groups excluding carboxylic acids is 1. The number of anilines is 2. The maximum atomic E-state index is 13.5. The van der Waals surface area contributed by atoms with Crippen LogP contribution in [0.5, 0.6) is 0 Å². The average molecular weight is 715 g/mol. The molecule has 278 valence electrons. The smallest absolute Gasteiger partial charge is 0.326 e. The quantitative estimate of drug-likeness (QED) is 0.0824. The minimum Gasteiger partial charge on any atom is -0.480 e. The van der Waals surface area contributed by atoms with Gasteiger partial charge in [0.25, 0.3) is 5.91 Å². The molecule has 1 aliphatic rings. The molecule has 0 spiro atoms. The third-order valence-corrected chi connectivity index (χ3v) is 9.48. The fraction of sp³-hybridized carbons (Fsp3) is 0.410. The van der Waals surface area contributed by atoms with Crippen LogP contribution in [-0.2, 0) is 16.1 Å². The first-order valence-electron chi connectivity index (χ1n) is 17.2. The third-order valence-electron chi connectivity index (χ3n) is 9.48. The van der Waals surface area contributed by atoms with Crippen molar-refractivity contribution in [2.24, 2.45) is 4.99 Å². The molecule has 1 fully saturated rings. The Labute approximate surface area is 304 Å². The first kappa shape index (κ1) is 39.8. The summed E-state index contributed by atoms with van der Waals surface area (Å²) in [5, 5.41) is 50.1. The van der Waals surface area contributed by atoms with E-state index in [4.69, 9.17) is 0 Å². The van der Waals surface area contributed by atoms with Gasteiger partial charge >= 0.3 is 11.9 Å². The maximum absolute atomic E-state index is 13.5. The Hall–Kier alpha value is -4.95. The van der Waals surface area contributed by atoms with Crippen molar-refractivity contribution in [3.05, 3.63) is 88.8 Å². The third kappa shape index (κ3) is 9.68. The molecule has 3 aromatic rings. The Kier molecular flexibility index (Phi) is 13.1. The van der Waals surface area contributed by atoms with Gasteiger partial charge in [-0.1, -0.05) is 30.8 Å². The van der Waals surface area contributed by atoms with E-state index in [2.05, 4.69) is 37.8 Å². The van der Waals surface area contributed by atoms with E-state index in [9.17, 15) is 34.8 Å². The summed E-state index contributed by atoms with van der Waals surface area (Å²) in [7, 11) is 0. The van der Waals surface area contributed by atoms with Gasteiger partial charge in [-0.15, -0.1) is 0 Å². The number of aromatic nitrogens is 1. The van der Waals surface area contributed by atoms with E-state index in [1.807, 2.05) is 57.2 Å². The highest BCUT2D eigenvalue weighted by Gasteiger charge is 2.34. The number of carbonyl (C=O) groups is 3. The van der Waals surface area contributed by atoms with Crippen molar-refractivity contribution in [1.82, 2.24) is 15.6 Å². The van der Waals surface area contributed by atoms with E-state index < -0.39 is 36.2 Å². The number of amides is 1. The van der Waals surface area contributed by atoms with Gasteiger partial charge in [-0.3, -0.25) is 35.0 Å². The molecule has 8 N–H and O–H groups in total. The number of carboxylic acid groups (broad SMARTS) is 2. The van der Waals surface area contributed by atoms with Gasteiger partial charge in [0.2, 0.25) is 0 Å². The number of pyridine rings is 1. The van der Waals surface area contributed by atoms with Crippen LogP contribution < -0.4 is 21.3 Å². The van der Waals surface area contributed by atoms with Crippen LogP contribution in [0, 0.1) is 13.8 Å². The van der Waals surface area contributed by atoms with Crippen molar-refractivity contribution in [1.29, 1.82) is 0 Å². The van der Waals surface area contributed by atoms with Gasteiger partial charge in [-0.25, -0.2) is 0 Å². The molecule has 0 bridgehead atoms. The summed E-state index contributed by atoms with van der Waals surface area (Å²) in [6.45, 7) is 12.4. The molecule has 0 aliphatic heterocycles. The van der Waals surface area contributed by atoms with Crippen molar-refractivity contribution in [3.8, 4) is 11.1 Å². The zero-order valence-electron chi connectivity index (χ0n) is 30.4. The molecule has 13 heteroatoms. The first-order valence-corrected chi connectivity index (χ1v) is 17.2. The first-order chi connectivity index (χ1) is 24.6. The highest BCUT2D eigenvalue weighted by atomic mass is 16.4. The summed E-state index contributed by atoms with van der Waals surface area (Å²) >= 11 is 0. The number of aliphatic hydroxyl groups excluding tert-OH is 2. The molecule has 0 radical (unpaired) electrons. The Morgan fingerprint density at radius 2 is 1.54 bits per heavy atom. The van der Waals surface area contributed by atoms with Crippen LogP contribution >= 0.6 is 0 Å². The van der Waals surface area contributed by atoms with Crippen LogP contribution in [0.15, 0.2) is 65.8 Å². The van der Waals surface area contributed by atoms with Gasteiger partial charge in [-0.05, 0) is 111 Å². The number of aliphatic carboxylic acids is 2. The van der Waals surface area contributed by atoms with Gasteiger partial charge in [0.15, 0.2) is 0 Å². The van der Waals surface area contributed by atoms with Crippen LogP contribution in [0.4, 0.5) is 11.4 Å². The number of aliphatic imine (C=N–C) groups is 1. The second kappa shape index (κ2) is 17.0. The molecular weight excluding hydrogens is 664 g/mol. The normalized spacial score (nSPS) is 15.8. The van der Waals surface area contributed by atoms with Gasteiger partial charge in [0.1, 0.15) is 16.8 Å². The molecule has 13 nitrogen and oxygen atoms in total. The predicted molar refractivity (Wildman–Crippen MR) is 202 cm³/mol. The fourth-order valence-electron chi connectivity index (χ4n) is 5.57. The predicted octanol–water partition coefficient (Wildman–Crippen LogP) is 4.27. The number of rotatable bonds is 19. The van der Waals surface area contributed by atoms with Crippen molar-refractivity contribution in [2.45, 2.75) is 77.0 Å². The highest BCUT2D eigenvalue weighted by Crippen LogP contribution is 2.42. The lowest BCUT2D eigenvalue weighted by molar-refractivity contribution is -0.146.